The molecule has 98 valence electrons. The Morgan fingerprint density at radius 1 is 1.22 bits per heavy atom. The maximum Gasteiger partial charge on any atom is 0.155 e. The third kappa shape index (κ3) is 2.19. The van der Waals surface area contributed by atoms with Crippen LogP contribution in [0.5, 0.6) is 0 Å². The number of anilines is 1. The van der Waals surface area contributed by atoms with Gasteiger partial charge in [-0.2, -0.15) is 0 Å². The Kier molecular flexibility index (Phi) is 2.94. The molecule has 3 rings (SSSR count). The van der Waals surface area contributed by atoms with Gasteiger partial charge in [-0.15, -0.1) is 10.2 Å². The number of hydrogen-bond acceptors (Lipinski definition) is 4. The highest BCUT2D eigenvalue weighted by atomic mass is 35.5. The van der Waals surface area contributed by atoms with Crippen molar-refractivity contribution in [2.45, 2.75) is 57.1 Å². The Labute approximate surface area is 112 Å². The summed E-state index contributed by atoms with van der Waals surface area (Å²) < 4.78 is 0. The molecular formula is C13H18ClN3O. The lowest BCUT2D eigenvalue weighted by molar-refractivity contribution is -0.0235. The Hall–Kier alpha value is -0.870. The first kappa shape index (κ1) is 12.2. The predicted molar refractivity (Wildman–Crippen MR) is 71.0 cm³/mol. The molecular weight excluding hydrogens is 250 g/mol. The molecule has 1 aromatic heterocycles. The Morgan fingerprint density at radius 2 is 1.89 bits per heavy atom. The highest BCUT2D eigenvalue weighted by Crippen LogP contribution is 2.36. The van der Waals surface area contributed by atoms with Crippen molar-refractivity contribution in [3.05, 3.63) is 16.3 Å². The molecule has 1 saturated carbocycles. The van der Waals surface area contributed by atoms with Gasteiger partial charge in [0.15, 0.2) is 11.0 Å². The van der Waals surface area contributed by atoms with Gasteiger partial charge < -0.3 is 10.4 Å². The van der Waals surface area contributed by atoms with Crippen molar-refractivity contribution in [1.29, 1.82) is 0 Å². The van der Waals surface area contributed by atoms with E-state index in [0.29, 0.717) is 11.2 Å². The summed E-state index contributed by atoms with van der Waals surface area (Å²) >= 11 is 6.10. The summed E-state index contributed by atoms with van der Waals surface area (Å²) in [5.74, 6) is 0.870. The van der Waals surface area contributed by atoms with Crippen LogP contribution >= 0.6 is 11.6 Å². The SMILES string of the molecule is C[C@]1(O)C[C@@H](Nc2nnc(Cl)c3c2CCCC3)C1. The predicted octanol–water partition coefficient (Wildman–Crippen LogP) is 2.33. The number of halogens is 1. The summed E-state index contributed by atoms with van der Waals surface area (Å²) in [6, 6.07) is 0.307. The van der Waals surface area contributed by atoms with Crippen molar-refractivity contribution < 1.29 is 5.11 Å². The first-order valence-electron chi connectivity index (χ1n) is 6.58. The summed E-state index contributed by atoms with van der Waals surface area (Å²) in [7, 11) is 0. The second-order valence-electron chi connectivity index (χ2n) is 5.75. The van der Waals surface area contributed by atoms with Gasteiger partial charge >= 0.3 is 0 Å². The summed E-state index contributed by atoms with van der Waals surface area (Å²) in [6.45, 7) is 1.87. The van der Waals surface area contributed by atoms with Gasteiger partial charge in [-0.05, 0) is 51.0 Å². The molecule has 2 N–H and O–H groups in total. The van der Waals surface area contributed by atoms with Crippen molar-refractivity contribution in [1.82, 2.24) is 10.2 Å². The number of hydrogen-bond donors (Lipinski definition) is 2. The van der Waals surface area contributed by atoms with E-state index in [1.54, 1.807) is 0 Å². The van der Waals surface area contributed by atoms with Gasteiger partial charge in [-0.1, -0.05) is 11.6 Å². The van der Waals surface area contributed by atoms with Gasteiger partial charge in [0.05, 0.1) is 5.60 Å². The van der Waals surface area contributed by atoms with Crippen LogP contribution in [0.3, 0.4) is 0 Å². The fraction of sp³-hybridized carbons (Fsp3) is 0.692. The highest BCUT2D eigenvalue weighted by molar-refractivity contribution is 6.30. The van der Waals surface area contributed by atoms with E-state index in [-0.39, 0.29) is 0 Å². The van der Waals surface area contributed by atoms with Crippen LogP contribution in [0.1, 0.15) is 43.7 Å². The molecule has 18 heavy (non-hydrogen) atoms. The molecule has 0 amide bonds. The maximum absolute atomic E-state index is 9.75. The van der Waals surface area contributed by atoms with Gasteiger partial charge in [0.25, 0.3) is 0 Å². The van der Waals surface area contributed by atoms with Crippen LogP contribution in [-0.4, -0.2) is 26.9 Å². The molecule has 2 aliphatic carbocycles. The van der Waals surface area contributed by atoms with Crippen LogP contribution in [0.15, 0.2) is 0 Å². The molecule has 0 aromatic carbocycles. The molecule has 0 spiro atoms. The molecule has 0 saturated heterocycles. The average molecular weight is 268 g/mol. The second-order valence-corrected chi connectivity index (χ2v) is 6.11. The van der Waals surface area contributed by atoms with Crippen LogP contribution in [0.4, 0.5) is 5.82 Å². The molecule has 0 unspecified atom stereocenters. The fourth-order valence-corrected chi connectivity index (χ4v) is 3.27. The molecule has 0 radical (unpaired) electrons. The lowest BCUT2D eigenvalue weighted by Crippen LogP contribution is -2.48. The van der Waals surface area contributed by atoms with Gasteiger partial charge in [0.1, 0.15) is 0 Å². The Morgan fingerprint density at radius 3 is 2.56 bits per heavy atom. The van der Waals surface area contributed by atoms with E-state index in [4.69, 9.17) is 11.6 Å². The number of fused-ring (bicyclic) bond motifs is 1. The number of aromatic nitrogens is 2. The minimum atomic E-state index is -0.516. The first-order valence-corrected chi connectivity index (χ1v) is 6.96. The monoisotopic (exact) mass is 267 g/mol. The zero-order valence-corrected chi connectivity index (χ0v) is 11.3. The quantitative estimate of drug-likeness (QED) is 0.864. The van der Waals surface area contributed by atoms with E-state index < -0.39 is 5.60 Å². The molecule has 1 fully saturated rings. The molecule has 4 nitrogen and oxygen atoms in total. The van der Waals surface area contributed by atoms with Crippen molar-refractivity contribution in [3.63, 3.8) is 0 Å². The zero-order valence-electron chi connectivity index (χ0n) is 10.5. The third-order valence-corrected chi connectivity index (χ3v) is 4.26. The average Bonchev–Trinajstić information content (AvgIpc) is 2.31. The van der Waals surface area contributed by atoms with E-state index in [2.05, 4.69) is 15.5 Å². The minimum Gasteiger partial charge on any atom is -0.390 e. The van der Waals surface area contributed by atoms with Crippen LogP contribution in [0, 0.1) is 0 Å². The maximum atomic E-state index is 9.75. The van der Waals surface area contributed by atoms with Crippen molar-refractivity contribution in [3.8, 4) is 0 Å². The van der Waals surface area contributed by atoms with Crippen molar-refractivity contribution in [2.75, 3.05) is 5.32 Å². The zero-order chi connectivity index (χ0) is 12.8. The van der Waals surface area contributed by atoms with Gasteiger partial charge in [-0.3, -0.25) is 0 Å². The highest BCUT2D eigenvalue weighted by Gasteiger charge is 2.39. The summed E-state index contributed by atoms with van der Waals surface area (Å²) in [6.07, 6.45) is 5.93. The van der Waals surface area contributed by atoms with Crippen molar-refractivity contribution >= 4 is 17.4 Å². The standard InChI is InChI=1S/C13H18ClN3O/c1-13(18)6-8(7-13)15-12-10-5-3-2-4-9(10)11(14)16-17-12/h8,18H,2-7H2,1H3,(H,15,17)/t8-,13+. The topological polar surface area (TPSA) is 58.0 Å². The van der Waals surface area contributed by atoms with E-state index >= 15 is 0 Å². The Balaban J connectivity index is 1.80. The largest absolute Gasteiger partial charge is 0.390 e. The van der Waals surface area contributed by atoms with E-state index in [1.165, 1.54) is 18.4 Å². The van der Waals surface area contributed by atoms with Crippen LogP contribution in [0.2, 0.25) is 5.15 Å². The molecule has 0 atom stereocenters. The normalized spacial score (nSPS) is 30.5. The molecule has 5 heteroatoms. The molecule has 2 aliphatic rings. The van der Waals surface area contributed by atoms with Gasteiger partial charge in [-0.25, -0.2) is 0 Å². The first-order chi connectivity index (χ1) is 8.55. The van der Waals surface area contributed by atoms with Crippen LogP contribution in [0.25, 0.3) is 0 Å². The Bertz CT molecular complexity index is 468. The van der Waals surface area contributed by atoms with E-state index in [9.17, 15) is 5.11 Å². The smallest absolute Gasteiger partial charge is 0.155 e. The summed E-state index contributed by atoms with van der Waals surface area (Å²) in [5.41, 5.74) is 1.87. The van der Waals surface area contributed by atoms with Crippen LogP contribution in [-0.2, 0) is 12.8 Å². The number of aliphatic hydroxyl groups is 1. The lowest BCUT2D eigenvalue weighted by Gasteiger charge is -2.41. The molecule has 0 bridgehead atoms. The van der Waals surface area contributed by atoms with Gasteiger partial charge in [0.2, 0.25) is 0 Å². The van der Waals surface area contributed by atoms with Crippen LogP contribution < -0.4 is 5.32 Å². The second kappa shape index (κ2) is 4.35. The van der Waals surface area contributed by atoms with E-state index in [0.717, 1.165) is 37.1 Å². The molecule has 0 aliphatic heterocycles. The minimum absolute atomic E-state index is 0.307. The number of nitrogens with zero attached hydrogens (tertiary/aromatic N) is 2. The third-order valence-electron chi connectivity index (χ3n) is 3.95. The van der Waals surface area contributed by atoms with Gasteiger partial charge in [0, 0.05) is 11.6 Å². The summed E-state index contributed by atoms with van der Waals surface area (Å²) in [4.78, 5) is 0. The summed E-state index contributed by atoms with van der Waals surface area (Å²) in [5, 5.41) is 21.9. The van der Waals surface area contributed by atoms with E-state index in [1.807, 2.05) is 6.92 Å². The molecule has 1 aromatic rings. The molecule has 1 heterocycles. The number of nitrogens with one attached hydrogen (secondary N) is 1. The van der Waals surface area contributed by atoms with Crippen molar-refractivity contribution in [2.24, 2.45) is 0 Å². The lowest BCUT2D eigenvalue weighted by atomic mass is 9.77. The fourth-order valence-electron chi connectivity index (χ4n) is 3.02. The number of rotatable bonds is 2.